The lowest BCUT2D eigenvalue weighted by atomic mass is 10.0. The fourth-order valence-electron chi connectivity index (χ4n) is 2.28. The van der Waals surface area contributed by atoms with E-state index in [0.29, 0.717) is 12.8 Å². The molecule has 0 aliphatic carbocycles. The minimum atomic E-state index is -0.0845. The molecular formula is C17H22N2OS. The Labute approximate surface area is 130 Å². The van der Waals surface area contributed by atoms with E-state index >= 15 is 0 Å². The number of nitrogens with two attached hydrogens (primary N) is 1. The highest BCUT2D eigenvalue weighted by Gasteiger charge is 2.14. The van der Waals surface area contributed by atoms with Gasteiger partial charge in [-0.3, -0.25) is 4.79 Å². The van der Waals surface area contributed by atoms with E-state index in [9.17, 15) is 4.79 Å². The molecule has 1 aromatic heterocycles. The van der Waals surface area contributed by atoms with Gasteiger partial charge in [0, 0.05) is 17.3 Å². The SMILES string of the molecule is CCC(NC(=O)CCC(N)c1ccccc1)c1cccs1. The summed E-state index contributed by atoms with van der Waals surface area (Å²) in [6, 6.07) is 14.0. The van der Waals surface area contributed by atoms with Gasteiger partial charge in [0.25, 0.3) is 0 Å². The second-order valence-electron chi connectivity index (χ2n) is 5.10. The van der Waals surface area contributed by atoms with Crippen LogP contribution in [-0.2, 0) is 4.79 Å². The van der Waals surface area contributed by atoms with Crippen molar-refractivity contribution >= 4 is 17.2 Å². The molecule has 112 valence electrons. The Bertz CT molecular complexity index is 539. The standard InChI is InChI=1S/C17H22N2OS/c1-2-15(16-9-6-12-21-16)19-17(20)11-10-14(18)13-7-4-3-5-8-13/h3-9,12,14-15H,2,10-11,18H2,1H3,(H,19,20). The van der Waals surface area contributed by atoms with E-state index in [4.69, 9.17) is 5.73 Å². The molecule has 1 aromatic carbocycles. The van der Waals surface area contributed by atoms with Gasteiger partial charge in [0.1, 0.15) is 0 Å². The van der Waals surface area contributed by atoms with Gasteiger partial charge in [0.05, 0.1) is 6.04 Å². The molecule has 0 saturated heterocycles. The van der Waals surface area contributed by atoms with E-state index in [1.165, 1.54) is 4.88 Å². The summed E-state index contributed by atoms with van der Waals surface area (Å²) in [5, 5.41) is 5.13. The van der Waals surface area contributed by atoms with E-state index < -0.39 is 0 Å². The summed E-state index contributed by atoms with van der Waals surface area (Å²) in [5.41, 5.74) is 7.20. The van der Waals surface area contributed by atoms with Gasteiger partial charge in [-0.25, -0.2) is 0 Å². The number of carbonyl (C=O) groups excluding carboxylic acids is 1. The topological polar surface area (TPSA) is 55.1 Å². The summed E-state index contributed by atoms with van der Waals surface area (Å²) in [6.45, 7) is 2.08. The smallest absolute Gasteiger partial charge is 0.220 e. The summed E-state index contributed by atoms with van der Waals surface area (Å²) in [7, 11) is 0. The summed E-state index contributed by atoms with van der Waals surface area (Å²) in [6.07, 6.45) is 2.02. The van der Waals surface area contributed by atoms with Crippen molar-refractivity contribution < 1.29 is 4.79 Å². The maximum absolute atomic E-state index is 12.1. The maximum atomic E-state index is 12.1. The number of amides is 1. The third kappa shape index (κ3) is 4.69. The zero-order valence-electron chi connectivity index (χ0n) is 12.3. The van der Waals surface area contributed by atoms with Gasteiger partial charge < -0.3 is 11.1 Å². The van der Waals surface area contributed by atoms with Gasteiger partial charge in [-0.15, -0.1) is 11.3 Å². The van der Waals surface area contributed by atoms with Crippen LogP contribution in [0.2, 0.25) is 0 Å². The van der Waals surface area contributed by atoms with Crippen molar-refractivity contribution in [2.75, 3.05) is 0 Å². The Morgan fingerprint density at radius 1 is 1.24 bits per heavy atom. The van der Waals surface area contributed by atoms with E-state index in [0.717, 1.165) is 12.0 Å². The van der Waals surface area contributed by atoms with Crippen molar-refractivity contribution in [3.8, 4) is 0 Å². The highest BCUT2D eigenvalue weighted by Crippen LogP contribution is 2.22. The van der Waals surface area contributed by atoms with Gasteiger partial charge in [0.15, 0.2) is 0 Å². The van der Waals surface area contributed by atoms with Crippen LogP contribution < -0.4 is 11.1 Å². The predicted octanol–water partition coefficient (Wildman–Crippen LogP) is 3.80. The first-order chi connectivity index (χ1) is 10.2. The van der Waals surface area contributed by atoms with Crippen LogP contribution in [-0.4, -0.2) is 5.91 Å². The quantitative estimate of drug-likeness (QED) is 0.817. The molecule has 0 aliphatic rings. The first-order valence-electron chi connectivity index (χ1n) is 7.34. The number of nitrogens with one attached hydrogen (secondary N) is 1. The summed E-state index contributed by atoms with van der Waals surface area (Å²) in [5.74, 6) is 0.0710. The van der Waals surface area contributed by atoms with Crippen LogP contribution in [0.1, 0.15) is 48.7 Å². The average molecular weight is 302 g/mol. The largest absolute Gasteiger partial charge is 0.348 e. The molecule has 1 amide bonds. The monoisotopic (exact) mass is 302 g/mol. The van der Waals surface area contributed by atoms with Gasteiger partial charge in [-0.05, 0) is 29.9 Å². The Hall–Kier alpha value is -1.65. The number of benzene rings is 1. The van der Waals surface area contributed by atoms with Crippen LogP contribution in [0, 0.1) is 0 Å². The molecule has 0 aliphatic heterocycles. The van der Waals surface area contributed by atoms with Gasteiger partial charge >= 0.3 is 0 Å². The molecule has 21 heavy (non-hydrogen) atoms. The fraction of sp³-hybridized carbons (Fsp3) is 0.353. The van der Waals surface area contributed by atoms with E-state index in [1.54, 1.807) is 11.3 Å². The summed E-state index contributed by atoms with van der Waals surface area (Å²) in [4.78, 5) is 13.3. The highest BCUT2D eigenvalue weighted by molar-refractivity contribution is 7.10. The van der Waals surface area contributed by atoms with Crippen molar-refractivity contribution in [2.24, 2.45) is 5.73 Å². The van der Waals surface area contributed by atoms with Crippen molar-refractivity contribution in [3.63, 3.8) is 0 Å². The average Bonchev–Trinajstić information content (AvgIpc) is 3.05. The molecule has 0 saturated carbocycles. The Kier molecular flexibility index (Phi) is 5.96. The number of rotatable bonds is 7. The third-order valence-corrected chi connectivity index (χ3v) is 4.53. The molecule has 3 nitrogen and oxygen atoms in total. The van der Waals surface area contributed by atoms with Crippen LogP contribution in [0.15, 0.2) is 47.8 Å². The molecular weight excluding hydrogens is 280 g/mol. The molecule has 2 rings (SSSR count). The number of hydrogen-bond donors (Lipinski definition) is 2. The second-order valence-corrected chi connectivity index (χ2v) is 6.08. The maximum Gasteiger partial charge on any atom is 0.220 e. The molecule has 2 unspecified atom stereocenters. The number of thiophene rings is 1. The molecule has 0 fully saturated rings. The lowest BCUT2D eigenvalue weighted by molar-refractivity contribution is -0.122. The molecule has 0 spiro atoms. The van der Waals surface area contributed by atoms with E-state index in [2.05, 4.69) is 18.3 Å². The van der Waals surface area contributed by atoms with E-state index in [-0.39, 0.29) is 18.0 Å². The van der Waals surface area contributed by atoms with Crippen LogP contribution in [0.3, 0.4) is 0 Å². The zero-order chi connectivity index (χ0) is 15.1. The van der Waals surface area contributed by atoms with Crippen LogP contribution >= 0.6 is 11.3 Å². The number of hydrogen-bond acceptors (Lipinski definition) is 3. The molecule has 0 bridgehead atoms. The molecule has 2 atom stereocenters. The Morgan fingerprint density at radius 3 is 2.62 bits per heavy atom. The molecule has 0 radical (unpaired) electrons. The van der Waals surface area contributed by atoms with Crippen molar-refractivity contribution in [1.29, 1.82) is 0 Å². The van der Waals surface area contributed by atoms with Crippen LogP contribution in [0.25, 0.3) is 0 Å². The third-order valence-electron chi connectivity index (χ3n) is 3.54. The Balaban J connectivity index is 1.82. The fourth-order valence-corrected chi connectivity index (χ4v) is 3.15. The van der Waals surface area contributed by atoms with Gasteiger partial charge in [-0.2, -0.15) is 0 Å². The molecule has 4 heteroatoms. The summed E-state index contributed by atoms with van der Waals surface area (Å²) < 4.78 is 0. The van der Waals surface area contributed by atoms with Crippen molar-refractivity contribution in [2.45, 2.75) is 38.3 Å². The molecule has 2 aromatic rings. The van der Waals surface area contributed by atoms with Crippen LogP contribution in [0.5, 0.6) is 0 Å². The summed E-state index contributed by atoms with van der Waals surface area (Å²) >= 11 is 1.68. The lowest BCUT2D eigenvalue weighted by Gasteiger charge is -2.17. The predicted molar refractivity (Wildman–Crippen MR) is 88.1 cm³/mol. The van der Waals surface area contributed by atoms with Gasteiger partial charge in [0.2, 0.25) is 5.91 Å². The second kappa shape index (κ2) is 7.96. The first kappa shape index (κ1) is 15.7. The Morgan fingerprint density at radius 2 is 2.00 bits per heavy atom. The zero-order valence-corrected chi connectivity index (χ0v) is 13.1. The van der Waals surface area contributed by atoms with Crippen LogP contribution in [0.4, 0.5) is 0 Å². The van der Waals surface area contributed by atoms with E-state index in [1.807, 2.05) is 41.8 Å². The number of carbonyl (C=O) groups is 1. The van der Waals surface area contributed by atoms with Crippen molar-refractivity contribution in [1.82, 2.24) is 5.32 Å². The van der Waals surface area contributed by atoms with Gasteiger partial charge in [-0.1, -0.05) is 43.3 Å². The minimum Gasteiger partial charge on any atom is -0.348 e. The highest BCUT2D eigenvalue weighted by atomic mass is 32.1. The molecule has 1 heterocycles. The first-order valence-corrected chi connectivity index (χ1v) is 8.22. The minimum absolute atomic E-state index is 0.0710. The normalized spacial score (nSPS) is 13.6. The van der Waals surface area contributed by atoms with Crippen molar-refractivity contribution in [3.05, 3.63) is 58.3 Å². The lowest BCUT2D eigenvalue weighted by Crippen LogP contribution is -2.28. The molecule has 3 N–H and O–H groups in total.